The van der Waals surface area contributed by atoms with E-state index in [0.29, 0.717) is 6.54 Å². The highest BCUT2D eigenvalue weighted by atomic mass is 79.9. The van der Waals surface area contributed by atoms with Crippen LogP contribution in [-0.2, 0) is 32.6 Å². The lowest BCUT2D eigenvalue weighted by Crippen LogP contribution is -2.53. The minimum Gasteiger partial charge on any atom is -0.354 e. The largest absolute Gasteiger partial charge is 0.354 e. The van der Waals surface area contributed by atoms with Crippen LogP contribution in [-0.4, -0.2) is 50.5 Å². The molecule has 1 atom stereocenters. The van der Waals surface area contributed by atoms with Gasteiger partial charge in [0.15, 0.2) is 0 Å². The summed E-state index contributed by atoms with van der Waals surface area (Å²) in [5, 5.41) is 3.37. The summed E-state index contributed by atoms with van der Waals surface area (Å²) < 4.78 is 27.5. The summed E-state index contributed by atoms with van der Waals surface area (Å²) >= 11 is 15.7. The standard InChI is InChI=1S/C29H32BrCl2N3O4S/c1-20(2)17-33-29(37)27(15-21-8-5-4-6-9-21)34(18-22-10-7-11-23(30)14-22)28(36)19-35(40(3,38)39)24-12-13-25(31)26(32)16-24/h4-14,16,20,27H,15,17-19H2,1-3H3,(H,33,37)/t27-/m0/s1. The molecule has 214 valence electrons. The number of hydrogen-bond donors (Lipinski definition) is 1. The van der Waals surface area contributed by atoms with Crippen LogP contribution in [0.1, 0.15) is 25.0 Å². The van der Waals surface area contributed by atoms with Crippen LogP contribution in [0, 0.1) is 5.92 Å². The molecule has 0 radical (unpaired) electrons. The molecule has 40 heavy (non-hydrogen) atoms. The Hall–Kier alpha value is -2.59. The molecule has 0 fully saturated rings. The van der Waals surface area contributed by atoms with Gasteiger partial charge in [-0.2, -0.15) is 0 Å². The maximum atomic E-state index is 14.1. The number of benzene rings is 3. The SMILES string of the molecule is CC(C)CNC(=O)[C@H](Cc1ccccc1)N(Cc1cccc(Br)c1)C(=O)CN(c1ccc(Cl)c(Cl)c1)S(C)(=O)=O. The van der Waals surface area contributed by atoms with E-state index in [1.54, 1.807) is 0 Å². The summed E-state index contributed by atoms with van der Waals surface area (Å²) in [6.45, 7) is 3.95. The number of carbonyl (C=O) groups excluding carboxylic acids is 2. The Kier molecular flexibility index (Phi) is 11.5. The number of anilines is 1. The molecular formula is C29H32BrCl2N3O4S. The molecule has 3 aromatic rings. The maximum Gasteiger partial charge on any atom is 0.244 e. The summed E-state index contributed by atoms with van der Waals surface area (Å²) in [6, 6.07) is 20.3. The second-order valence-corrected chi connectivity index (χ2v) is 13.5. The predicted octanol–water partition coefficient (Wildman–Crippen LogP) is 5.93. The van der Waals surface area contributed by atoms with E-state index in [4.69, 9.17) is 23.2 Å². The number of sulfonamides is 1. The van der Waals surface area contributed by atoms with Crippen LogP contribution in [0.25, 0.3) is 0 Å². The van der Waals surface area contributed by atoms with E-state index in [1.165, 1.54) is 23.1 Å². The van der Waals surface area contributed by atoms with Gasteiger partial charge in [-0.05, 0) is 47.4 Å². The normalized spacial score (nSPS) is 12.2. The highest BCUT2D eigenvalue weighted by Crippen LogP contribution is 2.29. The first kappa shape index (κ1) is 31.9. The number of hydrogen-bond acceptors (Lipinski definition) is 4. The molecule has 0 saturated carbocycles. The fourth-order valence-electron chi connectivity index (χ4n) is 4.06. The Labute approximate surface area is 254 Å². The van der Waals surface area contributed by atoms with Crippen molar-refractivity contribution in [2.24, 2.45) is 5.92 Å². The molecule has 0 aliphatic carbocycles. The molecule has 1 N–H and O–H groups in total. The van der Waals surface area contributed by atoms with Gasteiger partial charge in [-0.1, -0.05) is 95.4 Å². The van der Waals surface area contributed by atoms with E-state index in [-0.39, 0.29) is 40.5 Å². The summed E-state index contributed by atoms with van der Waals surface area (Å²) in [4.78, 5) is 29.1. The molecule has 0 bridgehead atoms. The highest BCUT2D eigenvalue weighted by molar-refractivity contribution is 9.10. The summed E-state index contributed by atoms with van der Waals surface area (Å²) in [7, 11) is -3.91. The number of carbonyl (C=O) groups is 2. The Morgan fingerprint density at radius 2 is 1.60 bits per heavy atom. The van der Waals surface area contributed by atoms with Crippen LogP contribution >= 0.6 is 39.1 Å². The Morgan fingerprint density at radius 1 is 0.925 bits per heavy atom. The molecule has 0 unspecified atom stereocenters. The lowest BCUT2D eigenvalue weighted by atomic mass is 10.0. The van der Waals surface area contributed by atoms with Crippen molar-refractivity contribution >= 4 is 66.7 Å². The van der Waals surface area contributed by atoms with Gasteiger partial charge in [0.25, 0.3) is 0 Å². The van der Waals surface area contributed by atoms with Crippen LogP contribution in [0.3, 0.4) is 0 Å². The number of nitrogens with one attached hydrogen (secondary N) is 1. The second-order valence-electron chi connectivity index (χ2n) is 9.86. The van der Waals surface area contributed by atoms with Crippen molar-refractivity contribution in [2.45, 2.75) is 32.9 Å². The van der Waals surface area contributed by atoms with E-state index in [0.717, 1.165) is 26.2 Å². The van der Waals surface area contributed by atoms with Gasteiger partial charge in [0.1, 0.15) is 12.6 Å². The molecule has 3 aromatic carbocycles. The molecule has 0 aliphatic heterocycles. The van der Waals surface area contributed by atoms with Gasteiger partial charge in [-0.15, -0.1) is 0 Å². The van der Waals surface area contributed by atoms with E-state index in [9.17, 15) is 18.0 Å². The summed E-state index contributed by atoms with van der Waals surface area (Å²) in [5.74, 6) is -0.663. The highest BCUT2D eigenvalue weighted by Gasteiger charge is 2.33. The Bertz CT molecular complexity index is 1440. The first-order chi connectivity index (χ1) is 18.8. The van der Waals surface area contributed by atoms with Gasteiger partial charge in [0.2, 0.25) is 21.8 Å². The Morgan fingerprint density at radius 3 is 2.20 bits per heavy atom. The van der Waals surface area contributed by atoms with Crippen LogP contribution in [0.2, 0.25) is 10.0 Å². The molecule has 0 saturated heterocycles. The minimum atomic E-state index is -3.91. The number of nitrogens with zero attached hydrogens (tertiary/aromatic N) is 2. The third kappa shape index (κ3) is 9.23. The lowest BCUT2D eigenvalue weighted by Gasteiger charge is -2.33. The van der Waals surface area contributed by atoms with E-state index in [2.05, 4.69) is 21.2 Å². The van der Waals surface area contributed by atoms with Gasteiger partial charge in [-0.25, -0.2) is 8.42 Å². The zero-order chi connectivity index (χ0) is 29.4. The second kappa shape index (κ2) is 14.3. The fourth-order valence-corrected chi connectivity index (χ4v) is 5.64. The van der Waals surface area contributed by atoms with Crippen LogP contribution < -0.4 is 9.62 Å². The van der Waals surface area contributed by atoms with Gasteiger partial charge >= 0.3 is 0 Å². The quantitative estimate of drug-likeness (QED) is 0.259. The average Bonchev–Trinajstić information content (AvgIpc) is 2.89. The van der Waals surface area contributed by atoms with Gasteiger partial charge in [0, 0.05) is 24.0 Å². The summed E-state index contributed by atoms with van der Waals surface area (Å²) in [6.07, 6.45) is 1.26. The summed E-state index contributed by atoms with van der Waals surface area (Å²) in [5.41, 5.74) is 1.83. The maximum absolute atomic E-state index is 14.1. The minimum absolute atomic E-state index is 0.0872. The molecule has 0 aliphatic rings. The third-order valence-corrected chi connectivity index (χ3v) is 8.44. The molecule has 11 heteroatoms. The molecule has 3 rings (SSSR count). The van der Waals surface area contributed by atoms with Crippen LogP contribution in [0.5, 0.6) is 0 Å². The zero-order valence-electron chi connectivity index (χ0n) is 22.5. The van der Waals surface area contributed by atoms with Crippen molar-refractivity contribution in [1.29, 1.82) is 0 Å². The fraction of sp³-hybridized carbons (Fsp3) is 0.310. The average molecular weight is 669 g/mol. The number of amides is 2. The van der Waals surface area contributed by atoms with Crippen molar-refractivity contribution in [3.8, 4) is 0 Å². The lowest BCUT2D eigenvalue weighted by molar-refractivity contribution is -0.140. The molecule has 7 nitrogen and oxygen atoms in total. The topological polar surface area (TPSA) is 86.8 Å². The monoisotopic (exact) mass is 667 g/mol. The van der Waals surface area contributed by atoms with Crippen molar-refractivity contribution in [3.05, 3.63) is 98.4 Å². The third-order valence-electron chi connectivity index (χ3n) is 6.07. The predicted molar refractivity (Wildman–Crippen MR) is 165 cm³/mol. The number of halogens is 3. The van der Waals surface area contributed by atoms with Crippen molar-refractivity contribution in [3.63, 3.8) is 0 Å². The van der Waals surface area contributed by atoms with Crippen LogP contribution in [0.4, 0.5) is 5.69 Å². The number of rotatable bonds is 12. The molecular weight excluding hydrogens is 637 g/mol. The van der Waals surface area contributed by atoms with E-state index < -0.39 is 28.5 Å². The first-order valence-electron chi connectivity index (χ1n) is 12.6. The van der Waals surface area contributed by atoms with Gasteiger partial charge < -0.3 is 10.2 Å². The molecule has 0 heterocycles. The Balaban J connectivity index is 2.06. The van der Waals surface area contributed by atoms with Crippen LogP contribution in [0.15, 0.2) is 77.3 Å². The molecule has 0 aromatic heterocycles. The van der Waals surface area contributed by atoms with Crippen molar-refractivity contribution in [2.75, 3.05) is 23.7 Å². The molecule has 2 amide bonds. The van der Waals surface area contributed by atoms with Gasteiger partial charge in [0.05, 0.1) is 22.0 Å². The molecule has 0 spiro atoms. The van der Waals surface area contributed by atoms with Crippen molar-refractivity contribution < 1.29 is 18.0 Å². The zero-order valence-corrected chi connectivity index (χ0v) is 26.4. The smallest absolute Gasteiger partial charge is 0.244 e. The van der Waals surface area contributed by atoms with E-state index in [1.807, 2.05) is 68.4 Å². The van der Waals surface area contributed by atoms with Crippen molar-refractivity contribution in [1.82, 2.24) is 10.2 Å². The van der Waals surface area contributed by atoms with E-state index >= 15 is 0 Å². The first-order valence-corrected chi connectivity index (χ1v) is 16.0. The van der Waals surface area contributed by atoms with Gasteiger partial charge in [-0.3, -0.25) is 13.9 Å².